The van der Waals surface area contributed by atoms with Gasteiger partial charge in [-0.3, -0.25) is 4.99 Å². The fraction of sp³-hybridized carbons (Fsp3) is 0.833. The Bertz CT molecular complexity index is 262. The van der Waals surface area contributed by atoms with Crippen molar-refractivity contribution in [2.75, 3.05) is 13.7 Å². The zero-order valence-corrected chi connectivity index (χ0v) is 10.5. The number of methoxy groups -OCH3 is 1. The van der Waals surface area contributed by atoms with Crippen LogP contribution in [0.1, 0.15) is 39.5 Å². The Morgan fingerprint density at radius 3 is 2.75 bits per heavy atom. The van der Waals surface area contributed by atoms with Gasteiger partial charge in [0.05, 0.1) is 12.9 Å². The summed E-state index contributed by atoms with van der Waals surface area (Å²) in [5, 5.41) is 3.21. The van der Waals surface area contributed by atoms with E-state index in [-0.39, 0.29) is 12.0 Å². The smallest absolute Gasteiger partial charge is 0.328 e. The first-order valence-corrected chi connectivity index (χ1v) is 6.01. The van der Waals surface area contributed by atoms with Crippen molar-refractivity contribution in [2.45, 2.75) is 45.6 Å². The van der Waals surface area contributed by atoms with E-state index in [1.165, 1.54) is 7.11 Å². The van der Waals surface area contributed by atoms with E-state index in [0.29, 0.717) is 5.92 Å². The fourth-order valence-electron chi connectivity index (χ4n) is 1.84. The van der Waals surface area contributed by atoms with Crippen molar-refractivity contribution in [1.82, 2.24) is 5.32 Å². The van der Waals surface area contributed by atoms with Crippen LogP contribution in [-0.4, -0.2) is 31.5 Å². The second-order valence-electron chi connectivity index (χ2n) is 4.64. The Hall–Kier alpha value is -1.06. The van der Waals surface area contributed by atoms with Crippen molar-refractivity contribution >= 4 is 11.8 Å². The molecule has 0 aliphatic carbocycles. The highest BCUT2D eigenvalue weighted by atomic mass is 16.5. The number of aliphatic imine (C=N–C) groups is 1. The number of hydrogen-bond donors (Lipinski definition) is 1. The molecule has 16 heavy (non-hydrogen) atoms. The molecule has 0 aromatic rings. The Morgan fingerprint density at radius 1 is 1.50 bits per heavy atom. The zero-order chi connectivity index (χ0) is 12.0. The van der Waals surface area contributed by atoms with Gasteiger partial charge in [-0.15, -0.1) is 0 Å². The van der Waals surface area contributed by atoms with Gasteiger partial charge < -0.3 is 10.1 Å². The molecule has 1 atom stereocenters. The number of carbonyl (C=O) groups is 1. The molecule has 92 valence electrons. The maximum atomic E-state index is 11.6. The van der Waals surface area contributed by atoms with Crippen LogP contribution in [0.3, 0.4) is 0 Å². The molecule has 0 saturated carbocycles. The van der Waals surface area contributed by atoms with Crippen LogP contribution in [-0.2, 0) is 9.53 Å². The summed E-state index contributed by atoms with van der Waals surface area (Å²) >= 11 is 0. The molecule has 1 N–H and O–H groups in total. The molecule has 1 heterocycles. The Kier molecular flexibility index (Phi) is 5.29. The number of rotatable bonds is 4. The van der Waals surface area contributed by atoms with Gasteiger partial charge in [-0.2, -0.15) is 0 Å². The molecule has 1 rings (SSSR count). The van der Waals surface area contributed by atoms with Gasteiger partial charge in [-0.1, -0.05) is 13.8 Å². The molecule has 1 unspecified atom stereocenters. The summed E-state index contributed by atoms with van der Waals surface area (Å²) < 4.78 is 4.80. The highest BCUT2D eigenvalue weighted by Gasteiger charge is 2.21. The first-order valence-electron chi connectivity index (χ1n) is 6.01. The van der Waals surface area contributed by atoms with E-state index in [2.05, 4.69) is 24.2 Å². The Morgan fingerprint density at radius 2 is 2.25 bits per heavy atom. The number of nitrogens with zero attached hydrogens (tertiary/aromatic N) is 1. The van der Waals surface area contributed by atoms with Crippen LogP contribution in [0.2, 0.25) is 0 Å². The highest BCUT2D eigenvalue weighted by Crippen LogP contribution is 2.09. The molecule has 4 heteroatoms. The standard InChI is InChI=1S/C12H22N2O2/c1-9(2)8-10(12(15)16-3)14-11-6-4-5-7-13-11/h9-10H,4-8H2,1-3H3,(H,13,14). The van der Waals surface area contributed by atoms with Crippen LogP contribution in [0.4, 0.5) is 0 Å². The van der Waals surface area contributed by atoms with Gasteiger partial charge in [0.25, 0.3) is 0 Å². The summed E-state index contributed by atoms with van der Waals surface area (Å²) in [5.74, 6) is 1.23. The summed E-state index contributed by atoms with van der Waals surface area (Å²) in [6.45, 7) is 5.07. The third-order valence-electron chi connectivity index (χ3n) is 2.66. The maximum absolute atomic E-state index is 11.6. The SMILES string of the molecule is COC(=O)C(CC(C)C)NC1=NCCCC1. The van der Waals surface area contributed by atoms with Gasteiger partial charge in [0.1, 0.15) is 6.04 Å². The van der Waals surface area contributed by atoms with E-state index in [0.717, 1.165) is 38.1 Å². The van der Waals surface area contributed by atoms with Gasteiger partial charge in [-0.25, -0.2) is 4.79 Å². The molecule has 1 aliphatic heterocycles. The summed E-state index contributed by atoms with van der Waals surface area (Å²) in [7, 11) is 1.43. The molecule has 0 spiro atoms. The van der Waals surface area contributed by atoms with Gasteiger partial charge in [0.15, 0.2) is 0 Å². The molecule has 0 amide bonds. The van der Waals surface area contributed by atoms with Crippen LogP contribution >= 0.6 is 0 Å². The fourth-order valence-corrected chi connectivity index (χ4v) is 1.84. The summed E-state index contributed by atoms with van der Waals surface area (Å²) in [6, 6.07) is -0.248. The molecule has 0 fully saturated rings. The third-order valence-corrected chi connectivity index (χ3v) is 2.66. The van der Waals surface area contributed by atoms with Crippen LogP contribution < -0.4 is 5.32 Å². The summed E-state index contributed by atoms with van der Waals surface area (Å²) in [5.41, 5.74) is 0. The highest BCUT2D eigenvalue weighted by molar-refractivity contribution is 5.88. The van der Waals surface area contributed by atoms with Crippen molar-refractivity contribution in [3.8, 4) is 0 Å². The molecular weight excluding hydrogens is 204 g/mol. The summed E-state index contributed by atoms with van der Waals surface area (Å²) in [4.78, 5) is 16.0. The molecule has 1 aliphatic rings. The molecule has 0 aromatic heterocycles. The minimum Gasteiger partial charge on any atom is -0.467 e. The normalized spacial score (nSPS) is 17.9. The average molecular weight is 226 g/mol. The van der Waals surface area contributed by atoms with E-state index < -0.39 is 0 Å². The number of nitrogens with one attached hydrogen (secondary N) is 1. The average Bonchev–Trinajstić information content (AvgIpc) is 2.28. The Labute approximate surface area is 97.5 Å². The summed E-state index contributed by atoms with van der Waals surface area (Å²) in [6.07, 6.45) is 4.04. The van der Waals surface area contributed by atoms with Gasteiger partial charge in [0.2, 0.25) is 0 Å². The predicted octanol–water partition coefficient (Wildman–Crippen LogP) is 1.75. The monoisotopic (exact) mass is 226 g/mol. The second-order valence-corrected chi connectivity index (χ2v) is 4.64. The van der Waals surface area contributed by atoms with Crippen LogP contribution in [0.25, 0.3) is 0 Å². The lowest BCUT2D eigenvalue weighted by Crippen LogP contribution is -2.43. The predicted molar refractivity (Wildman–Crippen MR) is 64.5 cm³/mol. The van der Waals surface area contributed by atoms with E-state index in [9.17, 15) is 4.79 Å². The van der Waals surface area contributed by atoms with Crippen molar-refractivity contribution in [2.24, 2.45) is 10.9 Å². The zero-order valence-electron chi connectivity index (χ0n) is 10.5. The minimum atomic E-state index is -0.248. The topological polar surface area (TPSA) is 50.7 Å². The number of ether oxygens (including phenoxy) is 1. The number of amidine groups is 1. The van der Waals surface area contributed by atoms with Gasteiger partial charge in [-0.05, 0) is 25.2 Å². The van der Waals surface area contributed by atoms with E-state index in [1.807, 2.05) is 0 Å². The third kappa shape index (κ3) is 4.21. The maximum Gasteiger partial charge on any atom is 0.328 e. The van der Waals surface area contributed by atoms with Crippen molar-refractivity contribution < 1.29 is 9.53 Å². The first kappa shape index (κ1) is 13.0. The van der Waals surface area contributed by atoms with Crippen molar-refractivity contribution in [3.05, 3.63) is 0 Å². The van der Waals surface area contributed by atoms with Crippen molar-refractivity contribution in [3.63, 3.8) is 0 Å². The van der Waals surface area contributed by atoms with E-state index in [1.54, 1.807) is 0 Å². The molecule has 0 radical (unpaired) electrons. The minimum absolute atomic E-state index is 0.193. The van der Waals surface area contributed by atoms with Crippen molar-refractivity contribution in [1.29, 1.82) is 0 Å². The lowest BCUT2D eigenvalue weighted by Gasteiger charge is -2.22. The Balaban J connectivity index is 2.54. The van der Waals surface area contributed by atoms with Crippen LogP contribution in [0.15, 0.2) is 4.99 Å². The number of hydrogen-bond acceptors (Lipinski definition) is 4. The van der Waals surface area contributed by atoms with Crippen LogP contribution in [0.5, 0.6) is 0 Å². The lowest BCUT2D eigenvalue weighted by atomic mass is 10.0. The molecule has 4 nitrogen and oxygen atoms in total. The van der Waals surface area contributed by atoms with Gasteiger partial charge >= 0.3 is 5.97 Å². The molecule has 0 saturated heterocycles. The first-order chi connectivity index (χ1) is 7.63. The van der Waals surface area contributed by atoms with Crippen LogP contribution in [0, 0.1) is 5.92 Å². The lowest BCUT2D eigenvalue weighted by molar-refractivity contribution is -0.143. The van der Waals surface area contributed by atoms with E-state index in [4.69, 9.17) is 4.74 Å². The number of carbonyl (C=O) groups excluding carboxylic acids is 1. The van der Waals surface area contributed by atoms with Gasteiger partial charge in [0, 0.05) is 13.0 Å². The molecular formula is C12H22N2O2. The quantitative estimate of drug-likeness (QED) is 0.743. The molecule has 0 aromatic carbocycles. The molecule has 0 bridgehead atoms. The number of esters is 1. The largest absolute Gasteiger partial charge is 0.467 e. The van der Waals surface area contributed by atoms with E-state index >= 15 is 0 Å². The second kappa shape index (κ2) is 6.51.